The van der Waals surface area contributed by atoms with E-state index in [0.717, 1.165) is 0 Å². The van der Waals surface area contributed by atoms with Gasteiger partial charge < -0.3 is 16.0 Å². The lowest BCUT2D eigenvalue weighted by atomic mass is 10.2. The molecular formula is C22H23N5O3S. The molecule has 0 aliphatic heterocycles. The van der Waals surface area contributed by atoms with Crippen LogP contribution in [-0.4, -0.2) is 28.9 Å². The molecule has 0 spiro atoms. The van der Waals surface area contributed by atoms with Crippen LogP contribution in [0.3, 0.4) is 0 Å². The Morgan fingerprint density at radius 1 is 0.903 bits per heavy atom. The lowest BCUT2D eigenvalue weighted by Crippen LogP contribution is -2.34. The third-order valence-electron chi connectivity index (χ3n) is 4.02. The van der Waals surface area contributed by atoms with Gasteiger partial charge in [0.05, 0.1) is 23.5 Å². The molecular weight excluding hydrogens is 414 g/mol. The van der Waals surface area contributed by atoms with Crippen LogP contribution < -0.4 is 21.3 Å². The molecule has 160 valence electrons. The van der Waals surface area contributed by atoms with E-state index in [-0.39, 0.29) is 30.3 Å². The predicted molar refractivity (Wildman–Crippen MR) is 123 cm³/mol. The number of nitrogens with one attached hydrogen (secondary N) is 4. The number of aromatic nitrogens is 1. The van der Waals surface area contributed by atoms with Crippen LogP contribution in [0.25, 0.3) is 0 Å². The summed E-state index contributed by atoms with van der Waals surface area (Å²) in [6.07, 6.45) is 0.0320. The highest BCUT2D eigenvalue weighted by Gasteiger charge is 2.13. The molecule has 3 rings (SSSR count). The number of carbonyl (C=O) groups excluding carboxylic acids is 3. The number of carbonyl (C=O) groups is 3. The second kappa shape index (κ2) is 10.4. The fourth-order valence-corrected chi connectivity index (χ4v) is 3.39. The van der Waals surface area contributed by atoms with Crippen LogP contribution in [0.4, 0.5) is 21.3 Å². The third-order valence-corrected chi connectivity index (χ3v) is 4.83. The first-order valence-corrected chi connectivity index (χ1v) is 10.6. The molecule has 2 aromatic carbocycles. The number of nitrogens with zero attached hydrogens (tertiary/aromatic N) is 1. The Hall–Kier alpha value is -3.72. The van der Waals surface area contributed by atoms with Gasteiger partial charge >= 0.3 is 6.03 Å². The quantitative estimate of drug-likeness (QED) is 0.446. The highest BCUT2D eigenvalue weighted by molar-refractivity contribution is 7.14. The van der Waals surface area contributed by atoms with Crippen LogP contribution in [0.1, 0.15) is 29.9 Å². The minimum atomic E-state index is -0.352. The average molecular weight is 438 g/mol. The third kappa shape index (κ3) is 6.65. The standard InChI is InChI=1S/C22H23N5O3S/c1-14(2)23-21(30)26-18-11-7-6-10-17(18)25-19(28)12-16-13-31-22(24-16)27-20(29)15-8-4-3-5-9-15/h3-11,13-14H,12H2,1-2H3,(H,25,28)(H2,23,26,30)(H,24,27,29). The summed E-state index contributed by atoms with van der Waals surface area (Å²) in [4.78, 5) is 41.0. The molecule has 4 amide bonds. The molecule has 4 N–H and O–H groups in total. The summed E-state index contributed by atoms with van der Waals surface area (Å²) >= 11 is 1.25. The van der Waals surface area contributed by atoms with Gasteiger partial charge in [-0.25, -0.2) is 9.78 Å². The monoisotopic (exact) mass is 437 g/mol. The van der Waals surface area contributed by atoms with E-state index >= 15 is 0 Å². The Morgan fingerprint density at radius 3 is 2.23 bits per heavy atom. The number of amides is 4. The number of thiazole rings is 1. The number of anilines is 3. The SMILES string of the molecule is CC(C)NC(=O)Nc1ccccc1NC(=O)Cc1csc(NC(=O)c2ccccc2)n1. The number of hydrogen-bond donors (Lipinski definition) is 4. The van der Waals surface area contributed by atoms with Crippen LogP contribution in [-0.2, 0) is 11.2 Å². The molecule has 0 unspecified atom stereocenters. The number of hydrogen-bond acceptors (Lipinski definition) is 5. The van der Waals surface area contributed by atoms with Crippen molar-refractivity contribution in [1.29, 1.82) is 0 Å². The summed E-state index contributed by atoms with van der Waals surface area (Å²) in [6, 6.07) is 15.4. The molecule has 0 saturated carbocycles. The van der Waals surface area contributed by atoms with Crippen LogP contribution in [0.2, 0.25) is 0 Å². The van der Waals surface area contributed by atoms with Crippen LogP contribution >= 0.6 is 11.3 Å². The Morgan fingerprint density at radius 2 is 1.55 bits per heavy atom. The maximum atomic E-state index is 12.5. The average Bonchev–Trinajstić information content (AvgIpc) is 3.16. The van der Waals surface area contributed by atoms with E-state index in [9.17, 15) is 14.4 Å². The smallest absolute Gasteiger partial charge is 0.319 e. The van der Waals surface area contributed by atoms with E-state index in [0.29, 0.717) is 27.8 Å². The van der Waals surface area contributed by atoms with E-state index in [1.54, 1.807) is 53.9 Å². The van der Waals surface area contributed by atoms with Crippen molar-refractivity contribution in [3.05, 3.63) is 71.2 Å². The van der Waals surface area contributed by atoms with Crippen molar-refractivity contribution in [3.8, 4) is 0 Å². The number of benzene rings is 2. The fraction of sp³-hybridized carbons (Fsp3) is 0.182. The number of para-hydroxylation sites is 2. The molecule has 0 atom stereocenters. The van der Waals surface area contributed by atoms with E-state index in [1.807, 2.05) is 19.9 Å². The molecule has 0 radical (unpaired) electrons. The topological polar surface area (TPSA) is 112 Å². The van der Waals surface area contributed by atoms with E-state index in [2.05, 4.69) is 26.3 Å². The van der Waals surface area contributed by atoms with Gasteiger partial charge in [0.25, 0.3) is 5.91 Å². The first-order chi connectivity index (χ1) is 14.9. The largest absolute Gasteiger partial charge is 0.336 e. The zero-order chi connectivity index (χ0) is 22.2. The van der Waals surface area contributed by atoms with Crippen molar-refractivity contribution in [2.75, 3.05) is 16.0 Å². The zero-order valence-corrected chi connectivity index (χ0v) is 18.0. The minimum Gasteiger partial charge on any atom is -0.336 e. The molecule has 8 nitrogen and oxygen atoms in total. The van der Waals surface area contributed by atoms with E-state index in [4.69, 9.17) is 0 Å². The van der Waals surface area contributed by atoms with E-state index in [1.165, 1.54) is 11.3 Å². The first-order valence-electron chi connectivity index (χ1n) is 9.68. The lowest BCUT2D eigenvalue weighted by Gasteiger charge is -2.14. The first kappa shape index (κ1) is 22.0. The highest BCUT2D eigenvalue weighted by Crippen LogP contribution is 2.22. The molecule has 0 aliphatic carbocycles. The lowest BCUT2D eigenvalue weighted by molar-refractivity contribution is -0.115. The van der Waals surface area contributed by atoms with Gasteiger partial charge in [-0.3, -0.25) is 14.9 Å². The molecule has 3 aromatic rings. The van der Waals surface area contributed by atoms with Crippen molar-refractivity contribution in [2.45, 2.75) is 26.3 Å². The highest BCUT2D eigenvalue weighted by atomic mass is 32.1. The van der Waals surface area contributed by atoms with Crippen LogP contribution in [0.5, 0.6) is 0 Å². The molecule has 0 aliphatic rings. The Labute approximate surface area is 184 Å². The second-order valence-electron chi connectivity index (χ2n) is 6.99. The Bertz CT molecular complexity index is 1070. The van der Waals surface area contributed by atoms with Gasteiger partial charge in [-0.05, 0) is 38.1 Å². The van der Waals surface area contributed by atoms with Crippen molar-refractivity contribution < 1.29 is 14.4 Å². The van der Waals surface area contributed by atoms with Crippen LogP contribution in [0, 0.1) is 0 Å². The van der Waals surface area contributed by atoms with Gasteiger partial charge in [-0.15, -0.1) is 11.3 Å². The Kier molecular flexibility index (Phi) is 7.34. The molecule has 0 saturated heterocycles. The maximum absolute atomic E-state index is 12.5. The van der Waals surface area contributed by atoms with E-state index < -0.39 is 0 Å². The molecule has 1 heterocycles. The van der Waals surface area contributed by atoms with Gasteiger partial charge in [0.2, 0.25) is 5.91 Å². The van der Waals surface area contributed by atoms with Gasteiger partial charge in [-0.1, -0.05) is 30.3 Å². The second-order valence-corrected chi connectivity index (χ2v) is 7.85. The summed E-state index contributed by atoms with van der Waals surface area (Å²) in [5, 5.41) is 13.1. The minimum absolute atomic E-state index is 0.0111. The summed E-state index contributed by atoms with van der Waals surface area (Å²) in [7, 11) is 0. The van der Waals surface area contributed by atoms with Crippen molar-refractivity contribution in [1.82, 2.24) is 10.3 Å². The summed E-state index contributed by atoms with van der Waals surface area (Å²) in [6.45, 7) is 3.72. The number of rotatable bonds is 7. The summed E-state index contributed by atoms with van der Waals surface area (Å²) in [5.41, 5.74) is 2.04. The van der Waals surface area contributed by atoms with Gasteiger partial charge in [0.1, 0.15) is 0 Å². The van der Waals surface area contributed by atoms with Crippen LogP contribution in [0.15, 0.2) is 60.0 Å². The van der Waals surface area contributed by atoms with Gasteiger partial charge in [0, 0.05) is 17.0 Å². The van der Waals surface area contributed by atoms with Crippen molar-refractivity contribution in [2.24, 2.45) is 0 Å². The fourth-order valence-electron chi connectivity index (χ4n) is 2.69. The van der Waals surface area contributed by atoms with Crippen molar-refractivity contribution >= 4 is 45.7 Å². The molecule has 31 heavy (non-hydrogen) atoms. The van der Waals surface area contributed by atoms with Crippen molar-refractivity contribution in [3.63, 3.8) is 0 Å². The molecule has 9 heteroatoms. The summed E-state index contributed by atoms with van der Waals surface area (Å²) in [5.74, 6) is -0.546. The van der Waals surface area contributed by atoms with Gasteiger partial charge in [0.15, 0.2) is 5.13 Å². The molecule has 0 fully saturated rings. The Balaban J connectivity index is 1.58. The molecule has 0 bridgehead atoms. The van der Waals surface area contributed by atoms with Gasteiger partial charge in [-0.2, -0.15) is 0 Å². The maximum Gasteiger partial charge on any atom is 0.319 e. The molecule has 1 aromatic heterocycles. The number of urea groups is 1. The summed E-state index contributed by atoms with van der Waals surface area (Å²) < 4.78 is 0. The normalized spacial score (nSPS) is 10.4. The predicted octanol–water partition coefficient (Wildman–Crippen LogP) is 4.11. The zero-order valence-electron chi connectivity index (χ0n) is 17.1.